The van der Waals surface area contributed by atoms with E-state index in [4.69, 9.17) is 14.0 Å². The second kappa shape index (κ2) is 6.95. The van der Waals surface area contributed by atoms with E-state index < -0.39 is 0 Å². The molecule has 140 valence electrons. The molecule has 0 amide bonds. The van der Waals surface area contributed by atoms with Crippen molar-refractivity contribution in [3.8, 4) is 32.7 Å². The molecule has 2 aliphatic heterocycles. The number of piperazine rings is 1. The normalized spacial score (nSPS) is 20.0. The molecule has 1 unspecified atom stereocenters. The summed E-state index contributed by atoms with van der Waals surface area (Å²) >= 11 is 1.63. The van der Waals surface area contributed by atoms with Gasteiger partial charge in [0.15, 0.2) is 17.3 Å². The number of hydrogen-bond donors (Lipinski definition) is 1. The summed E-state index contributed by atoms with van der Waals surface area (Å²) in [6.07, 6.45) is 0. The minimum Gasteiger partial charge on any atom is -0.486 e. The highest BCUT2D eigenvalue weighted by atomic mass is 32.1. The summed E-state index contributed by atoms with van der Waals surface area (Å²) in [6.45, 7) is 3.98. The Morgan fingerprint density at radius 3 is 2.85 bits per heavy atom. The van der Waals surface area contributed by atoms with E-state index in [2.05, 4.69) is 33.5 Å². The van der Waals surface area contributed by atoms with E-state index in [1.165, 1.54) is 0 Å². The van der Waals surface area contributed by atoms with Gasteiger partial charge in [0, 0.05) is 24.5 Å². The Morgan fingerprint density at radius 2 is 1.96 bits per heavy atom. The van der Waals surface area contributed by atoms with Gasteiger partial charge < -0.3 is 19.3 Å². The van der Waals surface area contributed by atoms with E-state index in [-0.39, 0.29) is 6.04 Å². The summed E-state index contributed by atoms with van der Waals surface area (Å²) in [6, 6.07) is 10.3. The minimum atomic E-state index is 0.147. The maximum absolute atomic E-state index is 5.69. The average Bonchev–Trinajstić information content (AvgIpc) is 3.38. The van der Waals surface area contributed by atoms with E-state index in [1.807, 2.05) is 24.3 Å². The van der Waals surface area contributed by atoms with E-state index in [9.17, 15) is 0 Å². The molecule has 8 heteroatoms. The lowest BCUT2D eigenvalue weighted by atomic mass is 10.1. The Morgan fingerprint density at radius 1 is 1.11 bits per heavy atom. The van der Waals surface area contributed by atoms with Crippen molar-refractivity contribution in [3.63, 3.8) is 0 Å². The van der Waals surface area contributed by atoms with Gasteiger partial charge >= 0.3 is 0 Å². The topological polar surface area (TPSA) is 72.7 Å². The van der Waals surface area contributed by atoms with Crippen LogP contribution in [-0.4, -0.2) is 54.9 Å². The summed E-state index contributed by atoms with van der Waals surface area (Å²) in [5.74, 6) is 2.89. The molecule has 0 aliphatic carbocycles. The molecule has 4 heterocycles. The van der Waals surface area contributed by atoms with Crippen LogP contribution >= 0.6 is 11.3 Å². The zero-order chi connectivity index (χ0) is 18.2. The Hall–Kier alpha value is -2.42. The van der Waals surface area contributed by atoms with Gasteiger partial charge in [-0.15, -0.1) is 11.3 Å². The quantitative estimate of drug-likeness (QED) is 0.744. The van der Waals surface area contributed by atoms with Gasteiger partial charge in [0.2, 0.25) is 0 Å². The standard InChI is InChI=1S/C19H20N4O3S/c1-23-7-6-20-11-13(23)18-21-19(26-22-18)17-5-4-16(27-17)12-2-3-14-15(10-12)25-9-8-24-14/h2-5,10,13,20H,6-9,11H2,1H3. The predicted molar refractivity (Wildman–Crippen MR) is 102 cm³/mol. The van der Waals surface area contributed by atoms with Crippen LogP contribution in [0.1, 0.15) is 11.9 Å². The van der Waals surface area contributed by atoms with Gasteiger partial charge in [0.25, 0.3) is 5.89 Å². The fourth-order valence-corrected chi connectivity index (χ4v) is 4.29. The van der Waals surface area contributed by atoms with Gasteiger partial charge in [-0.3, -0.25) is 4.90 Å². The van der Waals surface area contributed by atoms with Crippen LogP contribution in [0.2, 0.25) is 0 Å². The molecule has 1 saturated heterocycles. The van der Waals surface area contributed by atoms with Crippen LogP contribution in [0.3, 0.4) is 0 Å². The molecule has 7 nitrogen and oxygen atoms in total. The Balaban J connectivity index is 1.39. The maximum atomic E-state index is 5.69. The van der Waals surface area contributed by atoms with E-state index in [0.717, 1.165) is 52.3 Å². The third-order valence-electron chi connectivity index (χ3n) is 4.89. The first kappa shape index (κ1) is 16.7. The van der Waals surface area contributed by atoms with Crippen molar-refractivity contribution in [2.45, 2.75) is 6.04 Å². The highest BCUT2D eigenvalue weighted by molar-refractivity contribution is 7.18. The van der Waals surface area contributed by atoms with Crippen LogP contribution in [0, 0.1) is 0 Å². The first-order valence-electron chi connectivity index (χ1n) is 9.03. The Bertz CT molecular complexity index is 954. The van der Waals surface area contributed by atoms with E-state index in [0.29, 0.717) is 19.1 Å². The highest BCUT2D eigenvalue weighted by Gasteiger charge is 2.26. The van der Waals surface area contributed by atoms with Gasteiger partial charge in [-0.05, 0) is 42.9 Å². The second-order valence-electron chi connectivity index (χ2n) is 6.68. The van der Waals surface area contributed by atoms with Crippen molar-refractivity contribution >= 4 is 11.3 Å². The number of thiophene rings is 1. The van der Waals surface area contributed by atoms with Crippen LogP contribution in [-0.2, 0) is 0 Å². The fraction of sp³-hybridized carbons (Fsp3) is 0.368. The van der Waals surface area contributed by atoms with Crippen LogP contribution in [0.4, 0.5) is 0 Å². The summed E-state index contributed by atoms with van der Waals surface area (Å²) in [7, 11) is 2.09. The molecule has 3 aromatic rings. The largest absolute Gasteiger partial charge is 0.486 e. The minimum absolute atomic E-state index is 0.147. The van der Waals surface area contributed by atoms with Crippen molar-refractivity contribution in [1.82, 2.24) is 20.4 Å². The van der Waals surface area contributed by atoms with Gasteiger partial charge in [0.05, 0.1) is 10.9 Å². The molecular weight excluding hydrogens is 364 g/mol. The summed E-state index contributed by atoms with van der Waals surface area (Å²) in [5.41, 5.74) is 1.09. The summed E-state index contributed by atoms with van der Waals surface area (Å²) in [5, 5.41) is 7.59. The third-order valence-corrected chi connectivity index (χ3v) is 6.02. The van der Waals surface area contributed by atoms with Gasteiger partial charge in [-0.1, -0.05) is 5.16 Å². The number of nitrogens with zero attached hydrogens (tertiary/aromatic N) is 3. The second-order valence-corrected chi connectivity index (χ2v) is 7.76. The Kier molecular flexibility index (Phi) is 4.31. The summed E-state index contributed by atoms with van der Waals surface area (Å²) < 4.78 is 16.8. The lowest BCUT2D eigenvalue weighted by Gasteiger charge is -2.30. The number of rotatable bonds is 3. The number of benzene rings is 1. The number of nitrogens with one attached hydrogen (secondary N) is 1. The van der Waals surface area contributed by atoms with Crippen LogP contribution in [0.15, 0.2) is 34.9 Å². The molecular formula is C19H20N4O3S. The fourth-order valence-electron chi connectivity index (χ4n) is 3.37. The molecule has 1 N–H and O–H groups in total. The van der Waals surface area contributed by atoms with E-state index in [1.54, 1.807) is 11.3 Å². The van der Waals surface area contributed by atoms with Crippen molar-refractivity contribution in [3.05, 3.63) is 36.2 Å². The van der Waals surface area contributed by atoms with Crippen LogP contribution < -0.4 is 14.8 Å². The molecule has 0 bridgehead atoms. The van der Waals surface area contributed by atoms with Crippen molar-refractivity contribution in [1.29, 1.82) is 0 Å². The van der Waals surface area contributed by atoms with Crippen molar-refractivity contribution < 1.29 is 14.0 Å². The first-order valence-corrected chi connectivity index (χ1v) is 9.84. The summed E-state index contributed by atoms with van der Waals surface area (Å²) in [4.78, 5) is 8.97. The maximum Gasteiger partial charge on any atom is 0.268 e. The van der Waals surface area contributed by atoms with E-state index >= 15 is 0 Å². The smallest absolute Gasteiger partial charge is 0.268 e. The van der Waals surface area contributed by atoms with Crippen molar-refractivity contribution in [2.24, 2.45) is 0 Å². The molecule has 0 saturated carbocycles. The predicted octanol–water partition coefficient (Wildman–Crippen LogP) is 2.81. The molecule has 1 atom stereocenters. The monoisotopic (exact) mass is 384 g/mol. The molecule has 5 rings (SSSR count). The number of hydrogen-bond acceptors (Lipinski definition) is 8. The molecule has 2 aliphatic rings. The Labute approximate surface area is 160 Å². The average molecular weight is 384 g/mol. The lowest BCUT2D eigenvalue weighted by molar-refractivity contribution is 0.171. The SMILES string of the molecule is CN1CCNCC1c1noc(-c2ccc(-c3ccc4c(c3)OCCO4)s2)n1. The van der Waals surface area contributed by atoms with Gasteiger partial charge in [-0.25, -0.2) is 0 Å². The number of aromatic nitrogens is 2. The first-order chi connectivity index (χ1) is 13.3. The van der Waals surface area contributed by atoms with Gasteiger partial charge in [-0.2, -0.15) is 4.98 Å². The van der Waals surface area contributed by atoms with Crippen LogP contribution in [0.5, 0.6) is 11.5 Å². The molecule has 2 aromatic heterocycles. The zero-order valence-electron chi connectivity index (χ0n) is 15.0. The number of ether oxygens (including phenoxy) is 2. The molecule has 0 spiro atoms. The lowest BCUT2D eigenvalue weighted by Crippen LogP contribution is -2.44. The van der Waals surface area contributed by atoms with Gasteiger partial charge in [0.1, 0.15) is 13.2 Å². The zero-order valence-corrected chi connectivity index (χ0v) is 15.8. The third kappa shape index (κ3) is 3.20. The highest BCUT2D eigenvalue weighted by Crippen LogP contribution is 2.39. The molecule has 1 aromatic carbocycles. The molecule has 0 radical (unpaired) electrons. The molecule has 1 fully saturated rings. The molecule has 27 heavy (non-hydrogen) atoms. The van der Waals surface area contributed by atoms with Crippen molar-refractivity contribution in [2.75, 3.05) is 39.9 Å². The van der Waals surface area contributed by atoms with Crippen LogP contribution in [0.25, 0.3) is 21.2 Å². The number of likely N-dealkylation sites (N-methyl/N-ethyl adjacent to an activating group) is 1. The number of fused-ring (bicyclic) bond motifs is 1.